The van der Waals surface area contributed by atoms with Gasteiger partial charge in [0.25, 0.3) is 9.05 Å². The van der Waals surface area contributed by atoms with Crippen LogP contribution in [-0.2, 0) is 18.6 Å². The van der Waals surface area contributed by atoms with Crippen LogP contribution in [0.2, 0.25) is 0 Å². The van der Waals surface area contributed by atoms with Crippen LogP contribution >= 0.6 is 10.7 Å². The van der Waals surface area contributed by atoms with E-state index in [4.69, 9.17) is 10.7 Å². The normalized spacial score (nSPS) is 12.5. The SMILES string of the molecule is COC(=O)/C=C/C=C/S(=O)(=O)Cl. The van der Waals surface area contributed by atoms with Gasteiger partial charge in [-0.15, -0.1) is 0 Å². The number of allylic oxidation sites excluding steroid dienone is 2. The molecule has 0 aromatic carbocycles. The van der Waals surface area contributed by atoms with Crippen LogP contribution < -0.4 is 0 Å². The van der Waals surface area contributed by atoms with Gasteiger partial charge in [0.05, 0.1) is 7.11 Å². The Morgan fingerprint density at radius 1 is 1.42 bits per heavy atom. The number of methoxy groups -OCH3 is 1. The Morgan fingerprint density at radius 2 is 2.00 bits per heavy atom. The fourth-order valence-electron chi connectivity index (χ4n) is 0.341. The van der Waals surface area contributed by atoms with Crippen LogP contribution in [-0.4, -0.2) is 21.5 Å². The van der Waals surface area contributed by atoms with Gasteiger partial charge in [0.15, 0.2) is 0 Å². The summed E-state index contributed by atoms with van der Waals surface area (Å²) in [7, 11) is 2.39. The van der Waals surface area contributed by atoms with Gasteiger partial charge in [0.2, 0.25) is 0 Å². The molecule has 0 atom stereocenters. The van der Waals surface area contributed by atoms with Crippen molar-refractivity contribution in [2.75, 3.05) is 7.11 Å². The molecule has 68 valence electrons. The summed E-state index contributed by atoms with van der Waals surface area (Å²) in [5.41, 5.74) is 0. The molecule has 0 N–H and O–H groups in total. The zero-order valence-corrected chi connectivity index (χ0v) is 7.80. The predicted octanol–water partition coefficient (Wildman–Crippen LogP) is 0.798. The van der Waals surface area contributed by atoms with Gasteiger partial charge in [-0.1, -0.05) is 6.08 Å². The Labute approximate surface area is 74.9 Å². The number of hydrogen-bond donors (Lipinski definition) is 0. The van der Waals surface area contributed by atoms with E-state index in [1.54, 1.807) is 0 Å². The molecule has 0 aliphatic carbocycles. The lowest BCUT2D eigenvalue weighted by Gasteiger charge is -1.85. The molecule has 0 saturated carbocycles. The zero-order chi connectivity index (χ0) is 9.61. The van der Waals surface area contributed by atoms with Crippen LogP contribution in [0, 0.1) is 0 Å². The molecular weight excluding hydrogens is 204 g/mol. The summed E-state index contributed by atoms with van der Waals surface area (Å²) in [6.45, 7) is 0. The lowest BCUT2D eigenvalue weighted by atomic mass is 10.5. The van der Waals surface area contributed by atoms with Crippen LogP contribution in [0.1, 0.15) is 0 Å². The highest BCUT2D eigenvalue weighted by Gasteiger charge is 1.94. The molecule has 0 heterocycles. The summed E-state index contributed by atoms with van der Waals surface area (Å²) < 4.78 is 24.8. The van der Waals surface area contributed by atoms with E-state index in [0.29, 0.717) is 0 Å². The number of carbonyl (C=O) groups is 1. The summed E-state index contributed by atoms with van der Waals surface area (Å²) in [6.07, 6.45) is 3.41. The van der Waals surface area contributed by atoms with Gasteiger partial charge in [-0.3, -0.25) is 0 Å². The maximum Gasteiger partial charge on any atom is 0.330 e. The molecule has 0 aromatic rings. The van der Waals surface area contributed by atoms with Crippen molar-refractivity contribution in [2.45, 2.75) is 0 Å². The quantitative estimate of drug-likeness (QED) is 0.299. The maximum absolute atomic E-state index is 10.4. The molecule has 0 aromatic heterocycles. The average molecular weight is 211 g/mol. The zero-order valence-electron chi connectivity index (χ0n) is 6.23. The number of esters is 1. The van der Waals surface area contributed by atoms with Crippen molar-refractivity contribution in [3.63, 3.8) is 0 Å². The Hall–Kier alpha value is -0.810. The number of rotatable bonds is 3. The summed E-state index contributed by atoms with van der Waals surface area (Å²) in [4.78, 5) is 10.4. The highest BCUT2D eigenvalue weighted by atomic mass is 35.7. The molecule has 0 saturated heterocycles. The molecule has 6 heteroatoms. The second kappa shape index (κ2) is 4.95. The molecule has 0 unspecified atom stereocenters. The fourth-order valence-corrected chi connectivity index (χ4v) is 0.798. The van der Waals surface area contributed by atoms with E-state index in [2.05, 4.69) is 4.74 Å². The highest BCUT2D eigenvalue weighted by Crippen LogP contribution is 1.97. The maximum atomic E-state index is 10.4. The molecule has 0 spiro atoms. The summed E-state index contributed by atoms with van der Waals surface area (Å²) >= 11 is 0. The molecule has 0 bridgehead atoms. The minimum Gasteiger partial charge on any atom is -0.466 e. The van der Waals surface area contributed by atoms with E-state index in [1.807, 2.05) is 0 Å². The smallest absolute Gasteiger partial charge is 0.330 e. The first-order valence-corrected chi connectivity index (χ1v) is 5.20. The molecule has 0 fully saturated rings. The third-order valence-electron chi connectivity index (χ3n) is 0.786. The van der Waals surface area contributed by atoms with Crippen molar-refractivity contribution < 1.29 is 17.9 Å². The van der Waals surface area contributed by atoms with Gasteiger partial charge in [-0.05, 0) is 6.08 Å². The van der Waals surface area contributed by atoms with Crippen LogP contribution in [0.5, 0.6) is 0 Å². The molecule has 0 radical (unpaired) electrons. The van der Waals surface area contributed by atoms with Crippen molar-refractivity contribution in [2.24, 2.45) is 0 Å². The Kier molecular flexibility index (Phi) is 4.61. The van der Waals surface area contributed by atoms with Crippen molar-refractivity contribution >= 4 is 25.7 Å². The molecule has 4 nitrogen and oxygen atoms in total. The number of halogens is 1. The van der Waals surface area contributed by atoms with E-state index in [9.17, 15) is 13.2 Å². The van der Waals surface area contributed by atoms with Crippen LogP contribution in [0.25, 0.3) is 0 Å². The molecule has 0 aliphatic heterocycles. The van der Waals surface area contributed by atoms with E-state index in [0.717, 1.165) is 17.6 Å². The molecule has 0 aliphatic rings. The number of carbonyl (C=O) groups excluding carboxylic acids is 1. The first-order valence-electron chi connectivity index (χ1n) is 2.83. The minimum absolute atomic E-state index is 0.563. The van der Waals surface area contributed by atoms with Crippen molar-refractivity contribution in [1.29, 1.82) is 0 Å². The van der Waals surface area contributed by atoms with E-state index in [1.165, 1.54) is 13.2 Å². The average Bonchev–Trinajstić information content (AvgIpc) is 1.96. The Morgan fingerprint density at radius 3 is 2.42 bits per heavy atom. The Bertz CT molecular complexity index is 302. The third-order valence-corrected chi connectivity index (χ3v) is 1.58. The van der Waals surface area contributed by atoms with Crippen LogP contribution in [0.15, 0.2) is 23.6 Å². The van der Waals surface area contributed by atoms with Gasteiger partial charge in [-0.2, -0.15) is 0 Å². The lowest BCUT2D eigenvalue weighted by Crippen LogP contribution is -1.92. The lowest BCUT2D eigenvalue weighted by molar-refractivity contribution is -0.134. The van der Waals surface area contributed by atoms with Gasteiger partial charge in [0, 0.05) is 22.2 Å². The van der Waals surface area contributed by atoms with E-state index >= 15 is 0 Å². The van der Waals surface area contributed by atoms with Crippen molar-refractivity contribution in [3.8, 4) is 0 Å². The van der Waals surface area contributed by atoms with Crippen LogP contribution in [0.4, 0.5) is 0 Å². The summed E-state index contributed by atoms with van der Waals surface area (Å²) in [6, 6.07) is 0. The topological polar surface area (TPSA) is 60.4 Å². The van der Waals surface area contributed by atoms with Gasteiger partial charge >= 0.3 is 5.97 Å². The number of hydrogen-bond acceptors (Lipinski definition) is 4. The van der Waals surface area contributed by atoms with Crippen LogP contribution in [0.3, 0.4) is 0 Å². The minimum atomic E-state index is -3.64. The number of ether oxygens (including phenoxy) is 1. The van der Waals surface area contributed by atoms with Crippen molar-refractivity contribution in [1.82, 2.24) is 0 Å². The van der Waals surface area contributed by atoms with Crippen molar-refractivity contribution in [3.05, 3.63) is 23.6 Å². The first kappa shape index (κ1) is 11.2. The Balaban J connectivity index is 4.08. The van der Waals surface area contributed by atoms with E-state index in [-0.39, 0.29) is 0 Å². The molecule has 12 heavy (non-hydrogen) atoms. The van der Waals surface area contributed by atoms with Gasteiger partial charge in [0.1, 0.15) is 0 Å². The molecule has 0 rings (SSSR count). The van der Waals surface area contributed by atoms with E-state index < -0.39 is 15.0 Å². The third kappa shape index (κ3) is 7.30. The monoisotopic (exact) mass is 210 g/mol. The molecule has 0 amide bonds. The first-order chi connectivity index (χ1) is 5.45. The van der Waals surface area contributed by atoms with Gasteiger partial charge < -0.3 is 4.74 Å². The largest absolute Gasteiger partial charge is 0.466 e. The fraction of sp³-hybridized carbons (Fsp3) is 0.167. The highest BCUT2D eigenvalue weighted by molar-refractivity contribution is 8.16. The second-order valence-corrected chi connectivity index (χ2v) is 4.20. The standard InChI is InChI=1S/C6H7ClO4S/c1-11-6(8)4-2-3-5-12(7,9)10/h2-5H,1H3/b4-2+,5-3+. The van der Waals surface area contributed by atoms with Gasteiger partial charge in [-0.25, -0.2) is 13.2 Å². The summed E-state index contributed by atoms with van der Waals surface area (Å²) in [5.74, 6) is -0.563. The summed E-state index contributed by atoms with van der Waals surface area (Å²) in [5, 5.41) is 0.758. The molecular formula is C6H7ClO4S. The predicted molar refractivity (Wildman–Crippen MR) is 45.1 cm³/mol. The second-order valence-electron chi connectivity index (χ2n) is 1.69.